The van der Waals surface area contributed by atoms with Crippen molar-refractivity contribution in [2.75, 3.05) is 6.54 Å². The van der Waals surface area contributed by atoms with Crippen molar-refractivity contribution in [1.82, 2.24) is 0 Å². The molecule has 3 atom stereocenters. The average molecular weight is 318 g/mol. The van der Waals surface area contributed by atoms with Crippen LogP contribution in [0.3, 0.4) is 0 Å². The van der Waals surface area contributed by atoms with Gasteiger partial charge in [0, 0.05) is 5.56 Å². The Morgan fingerprint density at radius 3 is 2.72 bits per heavy atom. The van der Waals surface area contributed by atoms with Crippen molar-refractivity contribution in [1.29, 1.82) is 0 Å². The minimum Gasteiger partial charge on any atom is -0.330 e. The molecule has 0 amide bonds. The molecule has 1 aromatic carbocycles. The summed E-state index contributed by atoms with van der Waals surface area (Å²) in [4.78, 5) is 0. The molecule has 100 valence electrons. The molecule has 0 heterocycles. The fourth-order valence-electron chi connectivity index (χ4n) is 2.96. The highest BCUT2D eigenvalue weighted by molar-refractivity contribution is 9.10. The fourth-order valence-corrected chi connectivity index (χ4v) is 3.31. The van der Waals surface area contributed by atoms with E-state index in [9.17, 15) is 8.78 Å². The van der Waals surface area contributed by atoms with E-state index in [0.717, 1.165) is 19.3 Å². The quantitative estimate of drug-likeness (QED) is 0.812. The van der Waals surface area contributed by atoms with Gasteiger partial charge in [-0.3, -0.25) is 0 Å². The predicted octanol–water partition coefficient (Wildman–Crippen LogP) is 4.21. The SMILES string of the molecule is CC1CCC(CN)C(c2c(F)ccc(Br)c2F)C1. The summed E-state index contributed by atoms with van der Waals surface area (Å²) < 4.78 is 28.4. The summed E-state index contributed by atoms with van der Waals surface area (Å²) in [6, 6.07) is 2.74. The first-order chi connectivity index (χ1) is 8.54. The smallest absolute Gasteiger partial charge is 0.143 e. The van der Waals surface area contributed by atoms with Gasteiger partial charge in [0.05, 0.1) is 4.47 Å². The van der Waals surface area contributed by atoms with Gasteiger partial charge in [-0.25, -0.2) is 8.78 Å². The second-order valence-electron chi connectivity index (χ2n) is 5.28. The summed E-state index contributed by atoms with van der Waals surface area (Å²) in [6.07, 6.45) is 2.86. The Kier molecular flexibility index (Phi) is 4.38. The van der Waals surface area contributed by atoms with Gasteiger partial charge in [0.25, 0.3) is 0 Å². The lowest BCUT2D eigenvalue weighted by molar-refractivity contribution is 0.244. The summed E-state index contributed by atoms with van der Waals surface area (Å²) in [6.45, 7) is 2.62. The van der Waals surface area contributed by atoms with Crippen molar-refractivity contribution in [3.63, 3.8) is 0 Å². The normalized spacial score (nSPS) is 28.4. The molecule has 2 rings (SSSR count). The summed E-state index contributed by atoms with van der Waals surface area (Å²) in [5.74, 6) is -0.341. The van der Waals surface area contributed by atoms with Crippen molar-refractivity contribution in [3.05, 3.63) is 33.8 Å². The van der Waals surface area contributed by atoms with Crippen molar-refractivity contribution in [2.24, 2.45) is 17.6 Å². The summed E-state index contributed by atoms with van der Waals surface area (Å²) in [5.41, 5.74) is 5.97. The molecule has 18 heavy (non-hydrogen) atoms. The number of halogens is 3. The lowest BCUT2D eigenvalue weighted by Gasteiger charge is -2.35. The van der Waals surface area contributed by atoms with E-state index < -0.39 is 11.6 Å². The van der Waals surface area contributed by atoms with Gasteiger partial charge >= 0.3 is 0 Å². The summed E-state index contributed by atoms with van der Waals surface area (Å²) in [5, 5.41) is 0. The average Bonchev–Trinajstić information content (AvgIpc) is 2.35. The Balaban J connectivity index is 2.42. The van der Waals surface area contributed by atoms with Crippen molar-refractivity contribution in [3.8, 4) is 0 Å². The molecule has 0 saturated heterocycles. The van der Waals surface area contributed by atoms with Gasteiger partial charge in [-0.15, -0.1) is 0 Å². The Morgan fingerprint density at radius 1 is 1.33 bits per heavy atom. The molecule has 1 saturated carbocycles. The molecule has 1 aliphatic rings. The third-order valence-corrected chi connectivity index (χ3v) is 4.62. The van der Waals surface area contributed by atoms with Crippen LogP contribution in [0.25, 0.3) is 0 Å². The zero-order valence-corrected chi connectivity index (χ0v) is 12.0. The van der Waals surface area contributed by atoms with Crippen LogP contribution in [0.15, 0.2) is 16.6 Å². The van der Waals surface area contributed by atoms with Crippen LogP contribution in [-0.4, -0.2) is 6.54 Å². The minimum absolute atomic E-state index is 0.101. The van der Waals surface area contributed by atoms with Gasteiger partial charge in [-0.2, -0.15) is 0 Å². The van der Waals surface area contributed by atoms with Crippen LogP contribution in [-0.2, 0) is 0 Å². The van der Waals surface area contributed by atoms with E-state index >= 15 is 0 Å². The second-order valence-corrected chi connectivity index (χ2v) is 6.13. The molecular weight excluding hydrogens is 300 g/mol. The zero-order chi connectivity index (χ0) is 13.3. The van der Waals surface area contributed by atoms with Crippen LogP contribution in [0.5, 0.6) is 0 Å². The Morgan fingerprint density at radius 2 is 2.06 bits per heavy atom. The van der Waals surface area contributed by atoms with E-state index in [4.69, 9.17) is 5.73 Å². The second kappa shape index (κ2) is 5.66. The lowest BCUT2D eigenvalue weighted by atomic mass is 9.71. The molecule has 1 aromatic rings. The van der Waals surface area contributed by atoms with Gasteiger partial charge in [-0.05, 0) is 65.2 Å². The Hall–Kier alpha value is -0.480. The van der Waals surface area contributed by atoms with Gasteiger partial charge in [0.15, 0.2) is 0 Å². The molecule has 0 spiro atoms. The van der Waals surface area contributed by atoms with Crippen LogP contribution in [0.1, 0.15) is 37.7 Å². The van der Waals surface area contributed by atoms with Gasteiger partial charge in [-0.1, -0.05) is 13.3 Å². The third-order valence-electron chi connectivity index (χ3n) is 4.01. The maximum Gasteiger partial charge on any atom is 0.143 e. The van der Waals surface area contributed by atoms with E-state index in [1.54, 1.807) is 0 Å². The first kappa shape index (κ1) is 13.9. The monoisotopic (exact) mass is 317 g/mol. The van der Waals surface area contributed by atoms with E-state index in [1.807, 2.05) is 0 Å². The molecule has 0 bridgehead atoms. The minimum atomic E-state index is -0.465. The molecule has 1 fully saturated rings. The molecule has 1 aliphatic carbocycles. The van der Waals surface area contributed by atoms with Crippen LogP contribution in [0, 0.1) is 23.5 Å². The molecule has 0 aliphatic heterocycles. The van der Waals surface area contributed by atoms with Gasteiger partial charge in [0.2, 0.25) is 0 Å². The zero-order valence-electron chi connectivity index (χ0n) is 10.4. The molecule has 0 radical (unpaired) electrons. The maximum absolute atomic E-state index is 14.2. The first-order valence-electron chi connectivity index (χ1n) is 6.38. The number of hydrogen-bond acceptors (Lipinski definition) is 1. The van der Waals surface area contributed by atoms with Crippen LogP contribution in [0.4, 0.5) is 8.78 Å². The van der Waals surface area contributed by atoms with E-state index in [-0.39, 0.29) is 17.4 Å². The maximum atomic E-state index is 14.2. The first-order valence-corrected chi connectivity index (χ1v) is 7.17. The number of benzene rings is 1. The lowest BCUT2D eigenvalue weighted by Crippen LogP contribution is -2.29. The highest BCUT2D eigenvalue weighted by Gasteiger charge is 2.33. The van der Waals surface area contributed by atoms with E-state index in [2.05, 4.69) is 22.9 Å². The molecule has 4 heteroatoms. The Bertz CT molecular complexity index is 436. The molecular formula is C14H18BrF2N. The standard InChI is InChI=1S/C14H18BrF2N/c1-8-2-3-9(7-18)10(6-8)13-12(16)5-4-11(15)14(13)17/h4-5,8-10H,2-3,6-7,18H2,1H3. The van der Waals surface area contributed by atoms with E-state index in [0.29, 0.717) is 16.9 Å². The largest absolute Gasteiger partial charge is 0.330 e. The van der Waals surface area contributed by atoms with Crippen molar-refractivity contribution in [2.45, 2.75) is 32.1 Å². The molecule has 2 N–H and O–H groups in total. The highest BCUT2D eigenvalue weighted by atomic mass is 79.9. The van der Waals surface area contributed by atoms with Crippen molar-refractivity contribution >= 4 is 15.9 Å². The molecule has 1 nitrogen and oxygen atoms in total. The van der Waals surface area contributed by atoms with Crippen LogP contribution < -0.4 is 5.73 Å². The van der Waals surface area contributed by atoms with Gasteiger partial charge in [0.1, 0.15) is 11.6 Å². The van der Waals surface area contributed by atoms with E-state index in [1.165, 1.54) is 12.1 Å². The topological polar surface area (TPSA) is 26.0 Å². The molecule has 3 unspecified atom stereocenters. The van der Waals surface area contributed by atoms with Crippen LogP contribution >= 0.6 is 15.9 Å². The fraction of sp³-hybridized carbons (Fsp3) is 0.571. The van der Waals surface area contributed by atoms with Crippen LogP contribution in [0.2, 0.25) is 0 Å². The Labute approximate surface area is 115 Å². The highest BCUT2D eigenvalue weighted by Crippen LogP contribution is 2.42. The summed E-state index contributed by atoms with van der Waals surface area (Å²) >= 11 is 3.13. The number of nitrogens with two attached hydrogens (primary N) is 1. The number of hydrogen-bond donors (Lipinski definition) is 1. The third kappa shape index (κ3) is 2.59. The summed E-state index contributed by atoms with van der Waals surface area (Å²) in [7, 11) is 0. The van der Waals surface area contributed by atoms with Crippen molar-refractivity contribution < 1.29 is 8.78 Å². The molecule has 0 aromatic heterocycles. The number of rotatable bonds is 2. The predicted molar refractivity (Wildman–Crippen MR) is 72.4 cm³/mol. The van der Waals surface area contributed by atoms with Gasteiger partial charge < -0.3 is 5.73 Å².